The molecule has 16 heavy (non-hydrogen) atoms. The summed E-state index contributed by atoms with van der Waals surface area (Å²) in [4.78, 5) is 0. The van der Waals surface area contributed by atoms with Gasteiger partial charge in [-0.15, -0.1) is 0 Å². The molecule has 0 aliphatic carbocycles. The number of benzene rings is 1. The maximum Gasteiger partial charge on any atom is 0.0991 e. The molecule has 0 radical (unpaired) electrons. The zero-order valence-electron chi connectivity index (χ0n) is 9.44. The van der Waals surface area contributed by atoms with Gasteiger partial charge in [-0.3, -0.25) is 0 Å². The van der Waals surface area contributed by atoms with Crippen LogP contribution in [0.25, 0.3) is 0 Å². The highest BCUT2D eigenvalue weighted by Gasteiger charge is 2.22. The first-order chi connectivity index (χ1) is 7.83. The van der Waals surface area contributed by atoms with E-state index in [4.69, 9.17) is 10.00 Å². The lowest BCUT2D eigenvalue weighted by molar-refractivity contribution is 0.0619. The van der Waals surface area contributed by atoms with E-state index in [2.05, 4.69) is 11.4 Å². The van der Waals surface area contributed by atoms with E-state index in [9.17, 15) is 0 Å². The van der Waals surface area contributed by atoms with Gasteiger partial charge in [0.1, 0.15) is 0 Å². The molecule has 1 heterocycles. The van der Waals surface area contributed by atoms with Gasteiger partial charge < -0.3 is 10.1 Å². The fourth-order valence-electron chi connectivity index (χ4n) is 2.14. The molecule has 1 aromatic carbocycles. The summed E-state index contributed by atoms with van der Waals surface area (Å²) in [6.07, 6.45) is 2.42. The highest BCUT2D eigenvalue weighted by molar-refractivity contribution is 5.33. The second-order valence-electron chi connectivity index (χ2n) is 4.12. The Morgan fingerprint density at radius 3 is 2.75 bits per heavy atom. The summed E-state index contributed by atoms with van der Waals surface area (Å²) in [5, 5.41) is 12.2. The van der Waals surface area contributed by atoms with Crippen LogP contribution in [0, 0.1) is 11.3 Å². The Morgan fingerprint density at radius 2 is 2.12 bits per heavy atom. The molecule has 2 rings (SSSR count). The molecular formula is C13H16N2O. The van der Waals surface area contributed by atoms with Gasteiger partial charge in [0.2, 0.25) is 0 Å². The molecule has 84 valence electrons. The van der Waals surface area contributed by atoms with Crippen LogP contribution in [0.15, 0.2) is 24.3 Å². The van der Waals surface area contributed by atoms with Gasteiger partial charge in [-0.1, -0.05) is 12.1 Å². The van der Waals surface area contributed by atoms with Crippen molar-refractivity contribution in [2.75, 3.05) is 13.7 Å². The van der Waals surface area contributed by atoms with Crippen LogP contribution in [0.3, 0.4) is 0 Å². The summed E-state index contributed by atoms with van der Waals surface area (Å²) < 4.78 is 5.40. The van der Waals surface area contributed by atoms with Crippen LogP contribution in [-0.2, 0) is 4.74 Å². The van der Waals surface area contributed by atoms with Crippen molar-refractivity contribution < 1.29 is 4.74 Å². The van der Waals surface area contributed by atoms with Crippen molar-refractivity contribution in [3.05, 3.63) is 35.4 Å². The Bertz CT molecular complexity index is 380. The number of hydrogen-bond donors (Lipinski definition) is 1. The first-order valence-corrected chi connectivity index (χ1v) is 5.59. The number of hydrogen-bond acceptors (Lipinski definition) is 3. The third-order valence-corrected chi connectivity index (χ3v) is 3.13. The van der Waals surface area contributed by atoms with Crippen LogP contribution in [0.5, 0.6) is 0 Å². The monoisotopic (exact) mass is 216 g/mol. The number of methoxy groups -OCH3 is 1. The van der Waals surface area contributed by atoms with Crippen molar-refractivity contribution in [2.24, 2.45) is 0 Å². The molecule has 0 bridgehead atoms. The summed E-state index contributed by atoms with van der Waals surface area (Å²) >= 11 is 0. The van der Waals surface area contributed by atoms with E-state index in [-0.39, 0.29) is 0 Å². The van der Waals surface area contributed by atoms with Crippen molar-refractivity contribution >= 4 is 0 Å². The van der Waals surface area contributed by atoms with Crippen LogP contribution < -0.4 is 5.32 Å². The lowest BCUT2D eigenvalue weighted by Gasteiger charge is -2.29. The molecule has 0 amide bonds. The van der Waals surface area contributed by atoms with Gasteiger partial charge in [0.15, 0.2) is 0 Å². The van der Waals surface area contributed by atoms with Crippen molar-refractivity contribution in [1.29, 1.82) is 5.26 Å². The molecular weight excluding hydrogens is 200 g/mol. The average Bonchev–Trinajstić information content (AvgIpc) is 2.39. The maximum absolute atomic E-state index is 8.73. The number of piperidine rings is 1. The van der Waals surface area contributed by atoms with Gasteiger partial charge in [0.25, 0.3) is 0 Å². The van der Waals surface area contributed by atoms with Crippen LogP contribution in [0.4, 0.5) is 0 Å². The minimum absolute atomic E-state index is 0.349. The van der Waals surface area contributed by atoms with Crippen molar-refractivity contribution in [3.8, 4) is 6.07 Å². The number of nitrogens with zero attached hydrogens (tertiary/aromatic N) is 1. The number of nitrogens with one attached hydrogen (secondary N) is 1. The summed E-state index contributed by atoms with van der Waals surface area (Å²) in [5.41, 5.74) is 1.95. The second kappa shape index (κ2) is 5.11. The Labute approximate surface area is 96.0 Å². The summed E-state index contributed by atoms with van der Waals surface area (Å²) in [5.74, 6) is 0. The molecule has 1 saturated heterocycles. The molecule has 0 unspecified atom stereocenters. The zero-order chi connectivity index (χ0) is 11.4. The van der Waals surface area contributed by atoms with Crippen molar-refractivity contribution in [1.82, 2.24) is 5.32 Å². The van der Waals surface area contributed by atoms with E-state index in [0.29, 0.717) is 17.7 Å². The third kappa shape index (κ3) is 2.41. The number of ether oxygens (including phenoxy) is 1. The molecule has 3 heteroatoms. The topological polar surface area (TPSA) is 45.0 Å². The smallest absolute Gasteiger partial charge is 0.0991 e. The third-order valence-electron chi connectivity index (χ3n) is 3.13. The van der Waals surface area contributed by atoms with E-state index in [1.165, 1.54) is 5.56 Å². The number of nitriles is 1. The highest BCUT2D eigenvalue weighted by atomic mass is 16.5. The molecule has 1 aromatic rings. The summed E-state index contributed by atoms with van der Waals surface area (Å²) in [6.45, 7) is 0.989. The van der Waals surface area contributed by atoms with Gasteiger partial charge in [-0.25, -0.2) is 0 Å². The highest BCUT2D eigenvalue weighted by Crippen LogP contribution is 2.24. The quantitative estimate of drug-likeness (QED) is 0.822. The van der Waals surface area contributed by atoms with E-state index >= 15 is 0 Å². The van der Waals surface area contributed by atoms with Gasteiger partial charge in [0, 0.05) is 13.2 Å². The second-order valence-corrected chi connectivity index (χ2v) is 4.12. The summed E-state index contributed by atoms with van der Waals surface area (Å²) in [6, 6.07) is 10.3. The fourth-order valence-corrected chi connectivity index (χ4v) is 2.14. The standard InChI is InChI=1S/C13H16N2O/c1-16-12-6-7-15-13(8-12)11-4-2-10(9-14)3-5-11/h2-5,12-13,15H,6-8H2,1H3/t12-,13-/m0/s1. The Hall–Kier alpha value is -1.37. The molecule has 1 N–H and O–H groups in total. The predicted molar refractivity (Wildman–Crippen MR) is 61.9 cm³/mol. The largest absolute Gasteiger partial charge is 0.381 e. The molecule has 1 fully saturated rings. The minimum Gasteiger partial charge on any atom is -0.381 e. The molecule has 0 aromatic heterocycles. The summed E-state index contributed by atoms with van der Waals surface area (Å²) in [7, 11) is 1.77. The van der Waals surface area contributed by atoms with Crippen LogP contribution >= 0.6 is 0 Å². The van der Waals surface area contributed by atoms with Crippen molar-refractivity contribution in [3.63, 3.8) is 0 Å². The average molecular weight is 216 g/mol. The van der Waals surface area contributed by atoms with E-state index in [1.807, 2.05) is 24.3 Å². The first-order valence-electron chi connectivity index (χ1n) is 5.59. The molecule has 1 aliphatic heterocycles. The maximum atomic E-state index is 8.73. The van der Waals surface area contributed by atoms with Crippen LogP contribution in [0.2, 0.25) is 0 Å². The van der Waals surface area contributed by atoms with Gasteiger partial charge in [-0.05, 0) is 37.1 Å². The minimum atomic E-state index is 0.349. The molecule has 1 aliphatic rings. The Kier molecular flexibility index (Phi) is 3.55. The SMILES string of the molecule is CO[C@H]1CCN[C@H](c2ccc(C#N)cc2)C1. The van der Waals surface area contributed by atoms with E-state index < -0.39 is 0 Å². The van der Waals surface area contributed by atoms with E-state index in [0.717, 1.165) is 19.4 Å². The first kappa shape index (κ1) is 11.1. The molecule has 0 saturated carbocycles. The Balaban J connectivity index is 2.08. The normalized spacial score (nSPS) is 25.0. The lowest BCUT2D eigenvalue weighted by Crippen LogP contribution is -2.35. The van der Waals surface area contributed by atoms with Gasteiger partial charge in [0.05, 0.1) is 17.7 Å². The van der Waals surface area contributed by atoms with Gasteiger partial charge in [-0.2, -0.15) is 5.26 Å². The van der Waals surface area contributed by atoms with Crippen LogP contribution in [-0.4, -0.2) is 19.8 Å². The molecule has 0 spiro atoms. The molecule has 2 atom stereocenters. The fraction of sp³-hybridized carbons (Fsp3) is 0.462. The zero-order valence-corrected chi connectivity index (χ0v) is 9.44. The number of rotatable bonds is 2. The van der Waals surface area contributed by atoms with Gasteiger partial charge >= 0.3 is 0 Å². The Morgan fingerprint density at radius 1 is 1.38 bits per heavy atom. The van der Waals surface area contributed by atoms with Crippen molar-refractivity contribution in [2.45, 2.75) is 25.0 Å². The van der Waals surface area contributed by atoms with E-state index in [1.54, 1.807) is 7.11 Å². The predicted octanol–water partition coefficient (Wildman–Crippen LogP) is 2.00. The molecule has 3 nitrogen and oxygen atoms in total. The lowest BCUT2D eigenvalue weighted by atomic mass is 9.95. The van der Waals surface area contributed by atoms with Crippen LogP contribution in [0.1, 0.15) is 30.0 Å².